The van der Waals surface area contributed by atoms with E-state index in [0.717, 1.165) is 18.7 Å². The Bertz CT molecular complexity index is 1210. The highest BCUT2D eigenvalue weighted by atomic mass is 35.5. The molecule has 0 fully saturated rings. The Morgan fingerprint density at radius 2 is 1.71 bits per heavy atom. The first-order chi connectivity index (χ1) is 15.6. The third-order valence-corrected chi connectivity index (χ3v) is 8.84. The Morgan fingerprint density at radius 3 is 2.29 bits per heavy atom. The predicted molar refractivity (Wildman–Crippen MR) is 139 cm³/mol. The highest BCUT2D eigenvalue weighted by molar-refractivity contribution is 7.92. The SMILES string of the molecule is CCN(CC)CCN(C(=O)Cc1ccc(S(=O)(=O)C(C)C)cc1)c1nc2ccc(F)cc2s1.Cl. The number of fused-ring (bicyclic) bond motifs is 1. The fraction of sp³-hybridized carbons (Fsp3) is 0.417. The molecule has 3 rings (SSSR count). The number of carbonyl (C=O) groups is 1. The van der Waals surface area contributed by atoms with Gasteiger partial charge in [0.05, 0.1) is 26.8 Å². The molecule has 0 aliphatic rings. The molecule has 3 aromatic rings. The molecule has 6 nitrogen and oxygen atoms in total. The van der Waals surface area contributed by atoms with Crippen LogP contribution < -0.4 is 4.90 Å². The molecule has 2 aromatic carbocycles. The average molecular weight is 528 g/mol. The number of hydrogen-bond acceptors (Lipinski definition) is 6. The second-order valence-corrected chi connectivity index (χ2v) is 11.6. The molecule has 1 amide bonds. The van der Waals surface area contributed by atoms with Gasteiger partial charge in [-0.15, -0.1) is 12.4 Å². The molecule has 186 valence electrons. The van der Waals surface area contributed by atoms with E-state index in [1.165, 1.54) is 23.5 Å². The van der Waals surface area contributed by atoms with E-state index in [1.807, 2.05) is 0 Å². The van der Waals surface area contributed by atoms with E-state index in [1.54, 1.807) is 49.1 Å². The minimum absolute atomic E-state index is 0. The van der Waals surface area contributed by atoms with Gasteiger partial charge in [0.25, 0.3) is 0 Å². The summed E-state index contributed by atoms with van der Waals surface area (Å²) < 4.78 is 39.1. The molecular weight excluding hydrogens is 497 g/mol. The van der Waals surface area contributed by atoms with Gasteiger partial charge in [0.15, 0.2) is 15.0 Å². The topological polar surface area (TPSA) is 70.6 Å². The third kappa shape index (κ3) is 6.53. The van der Waals surface area contributed by atoms with Crippen molar-refractivity contribution in [3.8, 4) is 0 Å². The van der Waals surface area contributed by atoms with Crippen molar-refractivity contribution in [3.63, 3.8) is 0 Å². The van der Waals surface area contributed by atoms with Gasteiger partial charge in [-0.3, -0.25) is 9.69 Å². The van der Waals surface area contributed by atoms with Crippen LogP contribution in [-0.4, -0.2) is 55.6 Å². The van der Waals surface area contributed by atoms with E-state index in [2.05, 4.69) is 23.7 Å². The Balaban J connectivity index is 0.00000408. The van der Waals surface area contributed by atoms with Crippen LogP contribution in [0.5, 0.6) is 0 Å². The fourth-order valence-corrected chi connectivity index (χ4v) is 5.54. The average Bonchev–Trinajstić information content (AvgIpc) is 3.19. The molecule has 0 unspecified atom stereocenters. The lowest BCUT2D eigenvalue weighted by Crippen LogP contribution is -2.39. The number of likely N-dealkylation sites (N-methyl/N-ethyl adjacent to an activating group) is 1. The Kier molecular flexibility index (Phi) is 9.99. The van der Waals surface area contributed by atoms with Crippen LogP contribution in [0.15, 0.2) is 47.4 Å². The van der Waals surface area contributed by atoms with Crippen molar-refractivity contribution in [1.82, 2.24) is 9.88 Å². The van der Waals surface area contributed by atoms with Crippen LogP contribution >= 0.6 is 23.7 Å². The first-order valence-corrected chi connectivity index (χ1v) is 13.4. The van der Waals surface area contributed by atoms with Crippen LogP contribution in [0.1, 0.15) is 33.3 Å². The number of nitrogens with zero attached hydrogens (tertiary/aromatic N) is 3. The molecule has 0 atom stereocenters. The number of rotatable bonds is 10. The lowest BCUT2D eigenvalue weighted by Gasteiger charge is -2.24. The second kappa shape index (κ2) is 12.1. The van der Waals surface area contributed by atoms with E-state index < -0.39 is 15.1 Å². The van der Waals surface area contributed by atoms with E-state index >= 15 is 0 Å². The fourth-order valence-electron chi connectivity index (χ4n) is 3.45. The highest BCUT2D eigenvalue weighted by Gasteiger charge is 2.22. The number of amides is 1. The zero-order valence-corrected chi connectivity index (χ0v) is 22.3. The molecule has 0 aliphatic heterocycles. The lowest BCUT2D eigenvalue weighted by molar-refractivity contribution is -0.118. The van der Waals surface area contributed by atoms with E-state index in [-0.39, 0.29) is 35.4 Å². The molecule has 1 heterocycles. The summed E-state index contributed by atoms with van der Waals surface area (Å²) in [6, 6.07) is 10.9. The van der Waals surface area contributed by atoms with Crippen molar-refractivity contribution in [1.29, 1.82) is 0 Å². The molecule has 0 aliphatic carbocycles. The van der Waals surface area contributed by atoms with Crippen LogP contribution in [-0.2, 0) is 21.1 Å². The standard InChI is InChI=1S/C24H30FN3O3S2.ClH/c1-5-27(6-2)13-14-28(24-26-21-12-9-19(25)16-22(21)32-24)23(29)15-18-7-10-20(11-8-18)33(30,31)17(3)4;/h7-12,16-17H,5-6,13-15H2,1-4H3;1H. The maximum Gasteiger partial charge on any atom is 0.233 e. The number of anilines is 1. The quantitative estimate of drug-likeness (QED) is 0.373. The predicted octanol–water partition coefficient (Wildman–Crippen LogP) is 4.96. The minimum Gasteiger partial charge on any atom is -0.302 e. The molecule has 0 spiro atoms. The molecule has 0 bridgehead atoms. The molecule has 0 radical (unpaired) electrons. The van der Waals surface area contributed by atoms with Crippen molar-refractivity contribution in [2.75, 3.05) is 31.1 Å². The monoisotopic (exact) mass is 527 g/mol. The minimum atomic E-state index is -3.36. The second-order valence-electron chi connectivity index (χ2n) is 8.10. The normalized spacial score (nSPS) is 11.7. The summed E-state index contributed by atoms with van der Waals surface area (Å²) in [6.45, 7) is 10.3. The maximum absolute atomic E-state index is 13.7. The van der Waals surface area contributed by atoms with E-state index in [9.17, 15) is 17.6 Å². The van der Waals surface area contributed by atoms with Gasteiger partial charge in [-0.2, -0.15) is 0 Å². The van der Waals surface area contributed by atoms with Gasteiger partial charge in [-0.1, -0.05) is 37.3 Å². The number of halogens is 2. The van der Waals surface area contributed by atoms with Crippen LogP contribution in [0.2, 0.25) is 0 Å². The van der Waals surface area contributed by atoms with Gasteiger partial charge in [0.2, 0.25) is 5.91 Å². The third-order valence-electron chi connectivity index (χ3n) is 5.63. The van der Waals surface area contributed by atoms with Gasteiger partial charge >= 0.3 is 0 Å². The van der Waals surface area contributed by atoms with Crippen molar-refractivity contribution in [3.05, 3.63) is 53.8 Å². The number of aromatic nitrogens is 1. The molecule has 0 saturated heterocycles. The first kappa shape index (κ1) is 28.2. The molecule has 0 saturated carbocycles. The summed E-state index contributed by atoms with van der Waals surface area (Å²) in [5.74, 6) is -0.476. The van der Waals surface area contributed by atoms with Gasteiger partial charge in [-0.05, 0) is 62.8 Å². The summed E-state index contributed by atoms with van der Waals surface area (Å²) >= 11 is 1.29. The van der Waals surface area contributed by atoms with Crippen LogP contribution in [0.4, 0.5) is 9.52 Å². The van der Waals surface area contributed by atoms with Gasteiger partial charge < -0.3 is 4.90 Å². The summed E-state index contributed by atoms with van der Waals surface area (Å²) in [7, 11) is -3.36. The van der Waals surface area contributed by atoms with Crippen molar-refractivity contribution in [2.24, 2.45) is 0 Å². The van der Waals surface area contributed by atoms with Crippen molar-refractivity contribution in [2.45, 2.75) is 44.3 Å². The van der Waals surface area contributed by atoms with E-state index in [0.29, 0.717) is 28.4 Å². The Labute approximate surface area is 211 Å². The summed E-state index contributed by atoms with van der Waals surface area (Å²) in [5.41, 5.74) is 1.38. The van der Waals surface area contributed by atoms with Crippen molar-refractivity contribution < 1.29 is 17.6 Å². The Morgan fingerprint density at radius 1 is 1.06 bits per heavy atom. The summed E-state index contributed by atoms with van der Waals surface area (Å²) in [4.78, 5) is 22.0. The van der Waals surface area contributed by atoms with Gasteiger partial charge in [0.1, 0.15) is 5.82 Å². The zero-order valence-electron chi connectivity index (χ0n) is 19.8. The maximum atomic E-state index is 13.7. The van der Waals surface area contributed by atoms with Crippen molar-refractivity contribution >= 4 is 54.8 Å². The molecule has 34 heavy (non-hydrogen) atoms. The van der Waals surface area contributed by atoms with Crippen LogP contribution in [0, 0.1) is 5.82 Å². The number of benzene rings is 2. The number of hydrogen-bond donors (Lipinski definition) is 0. The van der Waals surface area contributed by atoms with Gasteiger partial charge in [0, 0.05) is 13.1 Å². The van der Waals surface area contributed by atoms with Crippen LogP contribution in [0.3, 0.4) is 0 Å². The smallest absolute Gasteiger partial charge is 0.233 e. The molecule has 10 heteroatoms. The molecule has 1 aromatic heterocycles. The summed E-state index contributed by atoms with van der Waals surface area (Å²) in [5, 5.41) is 0.0242. The summed E-state index contributed by atoms with van der Waals surface area (Å²) in [6.07, 6.45) is 0.116. The molecular formula is C24H31ClFN3O3S2. The number of carbonyl (C=O) groups excluding carboxylic acids is 1. The number of sulfone groups is 1. The first-order valence-electron chi connectivity index (χ1n) is 11.1. The lowest BCUT2D eigenvalue weighted by atomic mass is 10.1. The number of thiazole rings is 1. The van der Waals surface area contributed by atoms with Gasteiger partial charge in [-0.25, -0.2) is 17.8 Å². The Hall–Kier alpha value is -2.07. The largest absolute Gasteiger partial charge is 0.302 e. The highest BCUT2D eigenvalue weighted by Crippen LogP contribution is 2.30. The van der Waals surface area contributed by atoms with Crippen LogP contribution in [0.25, 0.3) is 10.2 Å². The zero-order chi connectivity index (χ0) is 24.2. The van der Waals surface area contributed by atoms with E-state index in [4.69, 9.17) is 0 Å². The molecule has 0 N–H and O–H groups in total.